The van der Waals surface area contributed by atoms with E-state index in [1.807, 2.05) is 0 Å². The van der Waals surface area contributed by atoms with Crippen LogP contribution in [0.2, 0.25) is 0 Å². The molecule has 6 heteroatoms. The summed E-state index contributed by atoms with van der Waals surface area (Å²) < 4.78 is 16.8. The molecule has 0 aromatic carbocycles. The minimum Gasteiger partial charge on any atom is -0.462 e. The molecule has 1 atom stereocenters. The van der Waals surface area contributed by atoms with Crippen LogP contribution < -0.4 is 0 Å². The molecule has 0 radical (unpaired) electrons. The van der Waals surface area contributed by atoms with Gasteiger partial charge in [0.2, 0.25) is 0 Å². The topological polar surface area (TPSA) is 78.9 Å². The molecule has 0 aromatic heterocycles. The third-order valence-electron chi connectivity index (χ3n) is 11.9. The van der Waals surface area contributed by atoms with Gasteiger partial charge in [-0.25, -0.2) is 0 Å². The average molecular weight is 921 g/mol. The van der Waals surface area contributed by atoms with Crippen LogP contribution in [-0.2, 0) is 28.6 Å². The molecule has 0 aliphatic rings. The Bertz CT molecular complexity index is 1240. The van der Waals surface area contributed by atoms with Crippen LogP contribution in [0.3, 0.4) is 0 Å². The maximum atomic E-state index is 12.8. The van der Waals surface area contributed by atoms with Crippen molar-refractivity contribution in [2.75, 3.05) is 13.2 Å². The Morgan fingerprint density at radius 1 is 0.318 bits per heavy atom. The number of unbranched alkanes of at least 4 members (excludes halogenated alkanes) is 27. The highest BCUT2D eigenvalue weighted by molar-refractivity contribution is 5.71. The van der Waals surface area contributed by atoms with Crippen molar-refractivity contribution in [1.29, 1.82) is 0 Å². The number of ether oxygens (including phenoxy) is 3. The van der Waals surface area contributed by atoms with E-state index < -0.39 is 6.10 Å². The Hall–Kier alpha value is -3.15. The molecular weight excluding hydrogens is 817 g/mol. The molecule has 0 saturated carbocycles. The lowest BCUT2D eigenvalue weighted by Crippen LogP contribution is -2.30. The zero-order chi connectivity index (χ0) is 47.9. The van der Waals surface area contributed by atoms with Crippen LogP contribution in [0.25, 0.3) is 0 Å². The van der Waals surface area contributed by atoms with E-state index in [2.05, 4.69) is 93.7 Å². The van der Waals surface area contributed by atoms with Crippen LogP contribution in [0.4, 0.5) is 0 Å². The van der Waals surface area contributed by atoms with Gasteiger partial charge in [0, 0.05) is 19.3 Å². The van der Waals surface area contributed by atoms with Gasteiger partial charge in [0.25, 0.3) is 0 Å². The summed E-state index contributed by atoms with van der Waals surface area (Å²) in [5.74, 6) is -0.909. The summed E-state index contributed by atoms with van der Waals surface area (Å²) in [6.45, 7) is 6.50. The summed E-state index contributed by atoms with van der Waals surface area (Å²) in [6, 6.07) is 0. The van der Waals surface area contributed by atoms with Crippen molar-refractivity contribution >= 4 is 17.9 Å². The summed E-state index contributed by atoms with van der Waals surface area (Å²) in [5.41, 5.74) is 0. The largest absolute Gasteiger partial charge is 0.462 e. The highest BCUT2D eigenvalue weighted by atomic mass is 16.6. The van der Waals surface area contributed by atoms with Crippen molar-refractivity contribution in [2.24, 2.45) is 0 Å². The van der Waals surface area contributed by atoms with Crippen molar-refractivity contribution in [3.8, 4) is 0 Å². The van der Waals surface area contributed by atoms with Gasteiger partial charge in [-0.15, -0.1) is 0 Å². The first-order chi connectivity index (χ1) is 32.5. The van der Waals surface area contributed by atoms with E-state index in [1.54, 1.807) is 0 Å². The summed E-state index contributed by atoms with van der Waals surface area (Å²) in [7, 11) is 0. The van der Waals surface area contributed by atoms with Crippen molar-refractivity contribution in [2.45, 2.75) is 277 Å². The fourth-order valence-corrected chi connectivity index (χ4v) is 7.76. The molecule has 6 nitrogen and oxygen atoms in total. The quantitative estimate of drug-likeness (QED) is 0.0262. The van der Waals surface area contributed by atoms with Gasteiger partial charge in [-0.05, 0) is 89.9 Å². The summed E-state index contributed by atoms with van der Waals surface area (Å²) in [6.07, 6.45) is 68.9. The summed E-state index contributed by atoms with van der Waals surface area (Å²) in [5, 5.41) is 0. The number of hydrogen-bond acceptors (Lipinski definition) is 6. The van der Waals surface area contributed by atoms with Crippen LogP contribution in [-0.4, -0.2) is 37.2 Å². The first-order valence-electron chi connectivity index (χ1n) is 27.9. The fourth-order valence-electron chi connectivity index (χ4n) is 7.76. The lowest BCUT2D eigenvalue weighted by Gasteiger charge is -2.18. The van der Waals surface area contributed by atoms with Crippen LogP contribution >= 0.6 is 0 Å². The maximum absolute atomic E-state index is 12.8. The van der Waals surface area contributed by atoms with Gasteiger partial charge in [0.1, 0.15) is 13.2 Å². The number of rotatable bonds is 50. The van der Waals surface area contributed by atoms with E-state index in [1.165, 1.54) is 116 Å². The molecular formula is C60H104O6. The lowest BCUT2D eigenvalue weighted by molar-refractivity contribution is -0.167. The predicted molar refractivity (Wildman–Crippen MR) is 284 cm³/mol. The van der Waals surface area contributed by atoms with Crippen molar-refractivity contribution in [1.82, 2.24) is 0 Å². The number of carbonyl (C=O) groups excluding carboxylic acids is 3. The average Bonchev–Trinajstić information content (AvgIpc) is 3.31. The SMILES string of the molecule is CC/C=C\C/C=C\C/C=C\CCCCCCCC(=O)OC(COC(=O)CCCCCCCC/C=C\C/C=C\C/C=C\CCCCCCC)COC(=O)CCCCCCCCCCCCCC. The van der Waals surface area contributed by atoms with E-state index in [0.717, 1.165) is 116 Å². The third-order valence-corrected chi connectivity index (χ3v) is 11.9. The molecule has 66 heavy (non-hydrogen) atoms. The number of hydrogen-bond donors (Lipinski definition) is 0. The number of allylic oxidation sites excluding steroid dienone is 12. The smallest absolute Gasteiger partial charge is 0.306 e. The third kappa shape index (κ3) is 51.8. The molecule has 0 heterocycles. The number of carbonyl (C=O) groups is 3. The van der Waals surface area contributed by atoms with Gasteiger partial charge < -0.3 is 14.2 Å². The van der Waals surface area contributed by atoms with Crippen molar-refractivity contribution in [3.05, 3.63) is 72.9 Å². The van der Waals surface area contributed by atoms with Gasteiger partial charge >= 0.3 is 17.9 Å². The molecule has 0 aliphatic carbocycles. The molecule has 0 spiro atoms. The lowest BCUT2D eigenvalue weighted by atomic mass is 10.0. The molecule has 380 valence electrons. The van der Waals surface area contributed by atoms with E-state index in [4.69, 9.17) is 14.2 Å². The minimum absolute atomic E-state index is 0.0852. The normalized spacial score (nSPS) is 12.6. The molecule has 0 aromatic rings. The molecule has 0 N–H and O–H groups in total. The highest BCUT2D eigenvalue weighted by Gasteiger charge is 2.19. The Morgan fingerprint density at radius 2 is 0.591 bits per heavy atom. The van der Waals surface area contributed by atoms with Crippen LogP contribution in [0.15, 0.2) is 72.9 Å². The standard InChI is InChI=1S/C60H104O6/c1-4-7-10-13-16-19-22-25-27-28-29-30-31-32-34-35-38-41-44-47-50-53-59(62)65-56-57(55-64-58(61)52-49-46-43-40-37-24-21-18-15-12-9-6-3)66-60(63)54-51-48-45-42-39-36-33-26-23-20-17-14-11-8-5-2/h8,11,17,20,22,25-26,28-29,31-33,57H,4-7,9-10,12-16,18-19,21,23-24,27,30,34-56H2,1-3H3/b11-8-,20-17-,25-22-,29-28-,32-31-,33-26-. The molecule has 0 saturated heterocycles. The second-order valence-corrected chi connectivity index (χ2v) is 18.5. The Labute approximate surface area is 408 Å². The van der Waals surface area contributed by atoms with E-state index in [-0.39, 0.29) is 31.1 Å². The molecule has 0 amide bonds. The molecule has 0 rings (SSSR count). The second-order valence-electron chi connectivity index (χ2n) is 18.5. The van der Waals surface area contributed by atoms with E-state index in [0.29, 0.717) is 19.3 Å². The first kappa shape index (κ1) is 62.8. The molecule has 0 fully saturated rings. The van der Waals surface area contributed by atoms with Crippen LogP contribution in [0.5, 0.6) is 0 Å². The Morgan fingerprint density at radius 3 is 0.924 bits per heavy atom. The summed E-state index contributed by atoms with van der Waals surface area (Å²) in [4.78, 5) is 38.1. The molecule has 0 aliphatic heterocycles. The van der Waals surface area contributed by atoms with Gasteiger partial charge in [0.05, 0.1) is 0 Å². The zero-order valence-electron chi connectivity index (χ0n) is 43.4. The fraction of sp³-hybridized carbons (Fsp3) is 0.750. The van der Waals surface area contributed by atoms with E-state index >= 15 is 0 Å². The van der Waals surface area contributed by atoms with Crippen LogP contribution in [0, 0.1) is 0 Å². The zero-order valence-corrected chi connectivity index (χ0v) is 43.4. The van der Waals surface area contributed by atoms with E-state index in [9.17, 15) is 14.4 Å². The van der Waals surface area contributed by atoms with Crippen molar-refractivity contribution in [3.63, 3.8) is 0 Å². The maximum Gasteiger partial charge on any atom is 0.306 e. The van der Waals surface area contributed by atoms with Gasteiger partial charge in [-0.1, -0.05) is 235 Å². The van der Waals surface area contributed by atoms with Crippen LogP contribution in [0.1, 0.15) is 271 Å². The molecule has 0 bridgehead atoms. The van der Waals surface area contributed by atoms with Gasteiger partial charge in [-0.2, -0.15) is 0 Å². The van der Waals surface area contributed by atoms with Gasteiger partial charge in [0.15, 0.2) is 6.10 Å². The Kier molecular flexibility index (Phi) is 51.9. The second kappa shape index (κ2) is 54.5. The number of esters is 3. The van der Waals surface area contributed by atoms with Gasteiger partial charge in [-0.3, -0.25) is 14.4 Å². The van der Waals surface area contributed by atoms with Crippen molar-refractivity contribution < 1.29 is 28.6 Å². The summed E-state index contributed by atoms with van der Waals surface area (Å²) >= 11 is 0. The molecule has 1 unspecified atom stereocenters. The first-order valence-corrected chi connectivity index (χ1v) is 27.9. The highest BCUT2D eigenvalue weighted by Crippen LogP contribution is 2.15. The minimum atomic E-state index is -0.788. The Balaban J connectivity index is 4.38. The monoisotopic (exact) mass is 921 g/mol. The predicted octanol–water partition coefficient (Wildman–Crippen LogP) is 18.6.